The first-order chi connectivity index (χ1) is 12.2. The van der Waals surface area contributed by atoms with Crippen LogP contribution in [0.3, 0.4) is 0 Å². The molecule has 0 unspecified atom stereocenters. The maximum atomic E-state index is 13.5. The normalized spacial score (nSPS) is 19.3. The molecule has 1 N–H and O–H groups in total. The number of carbonyl (C=O) groups is 1. The Labute approximate surface area is 143 Å². The Bertz CT molecular complexity index is 917. The fraction of sp³-hybridized carbons (Fsp3) is 0.105. The molecule has 0 aliphatic carbocycles. The van der Waals surface area contributed by atoms with Crippen LogP contribution in [0.15, 0.2) is 66.9 Å². The van der Waals surface area contributed by atoms with E-state index in [1.54, 1.807) is 24.4 Å². The van der Waals surface area contributed by atoms with Crippen molar-refractivity contribution in [1.29, 1.82) is 0 Å². The number of cyclic esters (lactones) is 1. The van der Waals surface area contributed by atoms with Gasteiger partial charge in [0.1, 0.15) is 11.9 Å². The van der Waals surface area contributed by atoms with Crippen molar-refractivity contribution >= 4 is 6.09 Å². The molecule has 0 radical (unpaired) electrons. The van der Waals surface area contributed by atoms with Crippen molar-refractivity contribution in [2.75, 3.05) is 0 Å². The van der Waals surface area contributed by atoms with Crippen molar-refractivity contribution < 1.29 is 13.9 Å². The lowest BCUT2D eigenvalue weighted by Crippen LogP contribution is -2.21. The second kappa shape index (κ2) is 6.32. The minimum atomic E-state index is -0.651. The quantitative estimate of drug-likeness (QED) is 0.790. The highest BCUT2D eigenvalue weighted by Gasteiger charge is 2.37. The summed E-state index contributed by atoms with van der Waals surface area (Å²) < 4.78 is 18.9. The molecule has 2 aromatic carbocycles. The lowest BCUT2D eigenvalue weighted by molar-refractivity contribution is 0.131. The highest BCUT2D eigenvalue weighted by atomic mass is 19.1. The number of amides is 1. The third-order valence-electron chi connectivity index (χ3n) is 4.02. The van der Waals surface area contributed by atoms with E-state index in [4.69, 9.17) is 4.74 Å². The zero-order chi connectivity index (χ0) is 17.2. The first kappa shape index (κ1) is 15.3. The van der Waals surface area contributed by atoms with Gasteiger partial charge in [-0.2, -0.15) is 0 Å². The van der Waals surface area contributed by atoms with Crippen LogP contribution in [-0.4, -0.2) is 16.1 Å². The molecule has 2 atom stereocenters. The molecule has 0 bridgehead atoms. The minimum Gasteiger partial charge on any atom is -0.439 e. The predicted molar refractivity (Wildman–Crippen MR) is 89.0 cm³/mol. The Hall–Kier alpha value is -3.28. The third-order valence-corrected chi connectivity index (χ3v) is 4.02. The fourth-order valence-electron chi connectivity index (χ4n) is 2.87. The summed E-state index contributed by atoms with van der Waals surface area (Å²) in [6, 6.07) is 16.8. The monoisotopic (exact) mass is 335 g/mol. The smallest absolute Gasteiger partial charge is 0.408 e. The molecule has 1 saturated heterocycles. The SMILES string of the molecule is O=C1N[C@H](c2ccnc(-c3ccccc3)n2)[C@@H](c2cccc(F)c2)O1. The minimum absolute atomic E-state index is 0.383. The number of nitrogens with zero attached hydrogens (tertiary/aromatic N) is 2. The van der Waals surface area contributed by atoms with E-state index >= 15 is 0 Å². The molecule has 25 heavy (non-hydrogen) atoms. The molecule has 124 valence electrons. The van der Waals surface area contributed by atoms with Gasteiger partial charge in [-0.05, 0) is 23.8 Å². The van der Waals surface area contributed by atoms with Gasteiger partial charge in [0.2, 0.25) is 0 Å². The van der Waals surface area contributed by atoms with E-state index in [-0.39, 0.29) is 5.82 Å². The summed E-state index contributed by atoms with van der Waals surface area (Å²) in [7, 11) is 0. The molecule has 0 saturated carbocycles. The average molecular weight is 335 g/mol. The van der Waals surface area contributed by atoms with E-state index in [9.17, 15) is 9.18 Å². The highest BCUT2D eigenvalue weighted by Crippen LogP contribution is 2.36. The van der Waals surface area contributed by atoms with Gasteiger partial charge < -0.3 is 10.1 Å². The third kappa shape index (κ3) is 3.06. The lowest BCUT2D eigenvalue weighted by Gasteiger charge is -2.17. The number of carbonyl (C=O) groups excluding carboxylic acids is 1. The molecule has 6 heteroatoms. The summed E-state index contributed by atoms with van der Waals surface area (Å²) in [6.45, 7) is 0. The summed E-state index contributed by atoms with van der Waals surface area (Å²) >= 11 is 0. The van der Waals surface area contributed by atoms with Gasteiger partial charge in [-0.15, -0.1) is 0 Å². The van der Waals surface area contributed by atoms with Gasteiger partial charge in [0.15, 0.2) is 11.9 Å². The average Bonchev–Trinajstić information content (AvgIpc) is 3.04. The van der Waals surface area contributed by atoms with Crippen LogP contribution in [-0.2, 0) is 4.74 Å². The molecule has 1 fully saturated rings. The molecule has 0 spiro atoms. The second-order valence-corrected chi connectivity index (χ2v) is 5.67. The first-order valence-electron chi connectivity index (χ1n) is 7.82. The molecular weight excluding hydrogens is 321 g/mol. The van der Waals surface area contributed by atoms with Crippen LogP contribution in [0.5, 0.6) is 0 Å². The number of hydrogen-bond donors (Lipinski definition) is 1. The van der Waals surface area contributed by atoms with Gasteiger partial charge in [-0.3, -0.25) is 0 Å². The topological polar surface area (TPSA) is 64.1 Å². The van der Waals surface area contributed by atoms with Gasteiger partial charge in [0.25, 0.3) is 0 Å². The molecule has 2 heterocycles. The van der Waals surface area contributed by atoms with Gasteiger partial charge >= 0.3 is 6.09 Å². The van der Waals surface area contributed by atoms with Crippen molar-refractivity contribution in [2.24, 2.45) is 0 Å². The largest absolute Gasteiger partial charge is 0.439 e. The van der Waals surface area contributed by atoms with Crippen molar-refractivity contribution in [3.8, 4) is 11.4 Å². The van der Waals surface area contributed by atoms with Gasteiger partial charge in [0.05, 0.1) is 5.69 Å². The molecule has 5 nitrogen and oxygen atoms in total. The number of aromatic nitrogens is 2. The van der Waals surface area contributed by atoms with E-state index in [1.165, 1.54) is 12.1 Å². The molecule has 4 rings (SSSR count). The number of alkyl carbamates (subject to hydrolysis) is 1. The van der Waals surface area contributed by atoms with E-state index in [1.807, 2.05) is 30.3 Å². The lowest BCUT2D eigenvalue weighted by atomic mass is 10.00. The van der Waals surface area contributed by atoms with Gasteiger partial charge in [-0.1, -0.05) is 42.5 Å². The van der Waals surface area contributed by atoms with Gasteiger partial charge in [-0.25, -0.2) is 19.2 Å². The van der Waals surface area contributed by atoms with Crippen molar-refractivity contribution in [2.45, 2.75) is 12.1 Å². The maximum absolute atomic E-state index is 13.5. The predicted octanol–water partition coefficient (Wildman–Crippen LogP) is 3.80. The van der Waals surface area contributed by atoms with Gasteiger partial charge in [0, 0.05) is 11.8 Å². The molecule has 1 amide bonds. The Kier molecular flexibility index (Phi) is 3.85. The number of ether oxygens (including phenoxy) is 1. The summed E-state index contributed by atoms with van der Waals surface area (Å²) in [5.74, 6) is 0.170. The van der Waals surface area contributed by atoms with E-state index in [0.29, 0.717) is 17.1 Å². The zero-order valence-corrected chi connectivity index (χ0v) is 13.1. The molecule has 1 aliphatic heterocycles. The first-order valence-corrected chi connectivity index (χ1v) is 7.82. The number of hydrogen-bond acceptors (Lipinski definition) is 4. The number of halogens is 1. The van der Waals surface area contributed by atoms with Crippen molar-refractivity contribution in [3.63, 3.8) is 0 Å². The number of nitrogens with one attached hydrogen (secondary N) is 1. The van der Waals surface area contributed by atoms with Crippen LogP contribution in [0, 0.1) is 5.82 Å². The zero-order valence-electron chi connectivity index (χ0n) is 13.1. The molecule has 1 aromatic heterocycles. The van der Waals surface area contributed by atoms with E-state index < -0.39 is 18.2 Å². The number of benzene rings is 2. The van der Waals surface area contributed by atoms with Crippen LogP contribution in [0.2, 0.25) is 0 Å². The fourth-order valence-corrected chi connectivity index (χ4v) is 2.87. The summed E-state index contributed by atoms with van der Waals surface area (Å²) in [5.41, 5.74) is 2.05. The highest BCUT2D eigenvalue weighted by molar-refractivity contribution is 5.71. The number of rotatable bonds is 3. The van der Waals surface area contributed by atoms with E-state index in [0.717, 1.165) is 5.56 Å². The van der Waals surface area contributed by atoms with E-state index in [2.05, 4.69) is 15.3 Å². The Balaban J connectivity index is 1.71. The second-order valence-electron chi connectivity index (χ2n) is 5.67. The van der Waals surface area contributed by atoms with Crippen LogP contribution in [0.4, 0.5) is 9.18 Å². The van der Waals surface area contributed by atoms with Crippen molar-refractivity contribution in [3.05, 3.63) is 83.9 Å². The maximum Gasteiger partial charge on any atom is 0.408 e. The Morgan fingerprint density at radius 2 is 1.88 bits per heavy atom. The molecule has 1 aliphatic rings. The summed E-state index contributed by atoms with van der Waals surface area (Å²) in [5, 5.41) is 2.74. The van der Waals surface area contributed by atoms with Crippen LogP contribution in [0.25, 0.3) is 11.4 Å². The Morgan fingerprint density at radius 3 is 2.68 bits per heavy atom. The van der Waals surface area contributed by atoms with Crippen LogP contribution >= 0.6 is 0 Å². The molecular formula is C19H14FN3O2. The molecule has 3 aromatic rings. The van der Waals surface area contributed by atoms with Crippen LogP contribution < -0.4 is 5.32 Å². The standard InChI is InChI=1S/C19H14FN3O2/c20-14-8-4-7-13(11-14)17-16(23-19(24)25-17)15-9-10-21-18(22-15)12-5-2-1-3-6-12/h1-11,16-17H,(H,23,24)/t16-,17-/m1/s1. The van der Waals surface area contributed by atoms with Crippen molar-refractivity contribution in [1.82, 2.24) is 15.3 Å². The Morgan fingerprint density at radius 1 is 1.04 bits per heavy atom. The summed E-state index contributed by atoms with van der Waals surface area (Å²) in [6.07, 6.45) is 0.429. The van der Waals surface area contributed by atoms with Crippen LogP contribution in [0.1, 0.15) is 23.4 Å². The summed E-state index contributed by atoms with van der Waals surface area (Å²) in [4.78, 5) is 20.6.